The molecule has 1 heterocycles. The molecule has 6 amide bonds. The summed E-state index contributed by atoms with van der Waals surface area (Å²) in [6.07, 6.45) is 1.58. The third-order valence-corrected chi connectivity index (χ3v) is 6.99. The summed E-state index contributed by atoms with van der Waals surface area (Å²) in [7, 11) is 0. The van der Waals surface area contributed by atoms with Gasteiger partial charge in [0.15, 0.2) is 5.96 Å². The van der Waals surface area contributed by atoms with E-state index in [1.165, 1.54) is 12.5 Å². The SMILES string of the molecule is CC(C)C[C@H](NC(=O)[C@H](CCCN=C(N)N)NC(=O)[C@H](Cc1cnc[nH]1)NC(=O)[C@@H](N)CCC(N)=O)C(=O)N[C@@H](CC(=O)O)C(=O)NCC(=O)O. The van der Waals surface area contributed by atoms with E-state index in [2.05, 4.69) is 36.2 Å². The summed E-state index contributed by atoms with van der Waals surface area (Å²) in [5, 5.41) is 30.0. The maximum atomic E-state index is 13.7. The van der Waals surface area contributed by atoms with Crippen molar-refractivity contribution in [2.45, 2.75) is 89.0 Å². The third-order valence-electron chi connectivity index (χ3n) is 6.99. The highest BCUT2D eigenvalue weighted by Crippen LogP contribution is 2.09. The number of primary amides is 1. The summed E-state index contributed by atoms with van der Waals surface area (Å²) >= 11 is 0. The zero-order chi connectivity index (χ0) is 38.7. The Hall–Kier alpha value is -5.80. The number of nitrogens with two attached hydrogens (primary N) is 4. The van der Waals surface area contributed by atoms with Crippen LogP contribution in [0.5, 0.6) is 0 Å². The lowest BCUT2D eigenvalue weighted by atomic mass is 10.0. The molecule has 0 saturated carbocycles. The number of H-pyrrole nitrogens is 1. The number of rotatable bonds is 24. The molecule has 0 aliphatic heterocycles. The standard InChI is InChI=1S/C29H48N12O10/c1-14(2)8-18(27(50)41-20(10-22(43)44)25(48)36-12-23(45)46)40-26(49)17(4-3-7-35-29(32)33)38-28(51)19(9-15-11-34-13-37-15)39-24(47)16(30)5-6-21(31)42/h11,13-14,16-20H,3-10,12,30H2,1-2H3,(H2,31,42)(H,34,37)(H,36,48)(H,38,51)(H,39,47)(H,40,49)(H,41,50)(H,43,44)(H,45,46)(H4,32,33,35)/t16-,17-,18-,19-,20-/m0/s1. The third kappa shape index (κ3) is 18.0. The van der Waals surface area contributed by atoms with Crippen molar-refractivity contribution in [3.05, 3.63) is 18.2 Å². The van der Waals surface area contributed by atoms with Gasteiger partial charge in [-0.3, -0.25) is 43.3 Å². The molecule has 0 spiro atoms. The van der Waals surface area contributed by atoms with Crippen molar-refractivity contribution >= 4 is 53.3 Å². The summed E-state index contributed by atoms with van der Waals surface area (Å²) in [5.74, 6) is -8.48. The topological polar surface area (TPSA) is 382 Å². The molecule has 0 saturated heterocycles. The minimum Gasteiger partial charge on any atom is -0.481 e. The number of aromatic nitrogens is 2. The van der Waals surface area contributed by atoms with Crippen LogP contribution >= 0.6 is 0 Å². The molecule has 0 unspecified atom stereocenters. The minimum absolute atomic E-state index is 0.00444. The summed E-state index contributed by atoms with van der Waals surface area (Å²) in [6, 6.07) is -6.87. The van der Waals surface area contributed by atoms with E-state index < -0.39 is 90.6 Å². The number of aromatic amines is 1. The highest BCUT2D eigenvalue weighted by molar-refractivity contribution is 5.97. The number of carboxylic acid groups (broad SMARTS) is 2. The molecule has 22 nitrogen and oxygen atoms in total. The first-order valence-electron chi connectivity index (χ1n) is 15.9. The van der Waals surface area contributed by atoms with Crippen molar-refractivity contribution in [2.75, 3.05) is 13.1 Å². The molecule has 0 radical (unpaired) electrons. The maximum Gasteiger partial charge on any atom is 0.322 e. The van der Waals surface area contributed by atoms with Crippen LogP contribution in [0.25, 0.3) is 0 Å². The van der Waals surface area contributed by atoms with Gasteiger partial charge in [0.25, 0.3) is 0 Å². The minimum atomic E-state index is -1.68. The number of hydrogen-bond acceptors (Lipinski definition) is 11. The Morgan fingerprint density at radius 1 is 0.804 bits per heavy atom. The fraction of sp³-hybridized carbons (Fsp3) is 0.586. The lowest BCUT2D eigenvalue weighted by Crippen LogP contribution is -2.59. The summed E-state index contributed by atoms with van der Waals surface area (Å²) < 4.78 is 0. The van der Waals surface area contributed by atoms with Crippen molar-refractivity contribution in [3.8, 4) is 0 Å². The van der Waals surface area contributed by atoms with Gasteiger partial charge in [0.2, 0.25) is 35.4 Å². The summed E-state index contributed by atoms with van der Waals surface area (Å²) in [6.45, 7) is 2.68. The zero-order valence-electron chi connectivity index (χ0n) is 28.3. The van der Waals surface area contributed by atoms with Crippen molar-refractivity contribution in [2.24, 2.45) is 33.8 Å². The highest BCUT2D eigenvalue weighted by atomic mass is 16.4. The van der Waals surface area contributed by atoms with Crippen LogP contribution in [0.15, 0.2) is 17.5 Å². The summed E-state index contributed by atoms with van der Waals surface area (Å²) in [5.41, 5.74) is 22.2. The van der Waals surface area contributed by atoms with E-state index in [4.69, 9.17) is 28.0 Å². The van der Waals surface area contributed by atoms with E-state index in [9.17, 15) is 43.5 Å². The van der Waals surface area contributed by atoms with Crippen LogP contribution in [0.2, 0.25) is 0 Å². The van der Waals surface area contributed by atoms with E-state index in [1.54, 1.807) is 13.8 Å². The molecular formula is C29H48N12O10. The summed E-state index contributed by atoms with van der Waals surface area (Å²) in [4.78, 5) is 110. The molecule has 16 N–H and O–H groups in total. The Labute approximate surface area is 292 Å². The smallest absolute Gasteiger partial charge is 0.322 e. The fourth-order valence-electron chi connectivity index (χ4n) is 4.50. The quantitative estimate of drug-likeness (QED) is 0.0271. The number of carbonyl (C=O) groups excluding carboxylic acids is 6. The fourth-order valence-corrected chi connectivity index (χ4v) is 4.50. The van der Waals surface area contributed by atoms with Gasteiger partial charge in [0, 0.05) is 31.3 Å². The normalized spacial score (nSPS) is 13.7. The van der Waals surface area contributed by atoms with Crippen LogP contribution in [0.3, 0.4) is 0 Å². The van der Waals surface area contributed by atoms with Gasteiger partial charge in [-0.1, -0.05) is 13.8 Å². The van der Waals surface area contributed by atoms with Crippen LogP contribution in [-0.2, 0) is 44.8 Å². The number of imidazole rings is 1. The average Bonchev–Trinajstić information content (AvgIpc) is 3.55. The lowest BCUT2D eigenvalue weighted by Gasteiger charge is -2.27. The molecule has 0 fully saturated rings. The molecule has 0 aliphatic rings. The first-order chi connectivity index (χ1) is 23.9. The Morgan fingerprint density at radius 3 is 1.94 bits per heavy atom. The van der Waals surface area contributed by atoms with Gasteiger partial charge < -0.3 is 64.7 Å². The molecular weight excluding hydrogens is 676 g/mol. The molecule has 1 rings (SSSR count). The molecule has 0 aromatic carbocycles. The van der Waals surface area contributed by atoms with E-state index in [0.29, 0.717) is 5.69 Å². The predicted molar refractivity (Wildman–Crippen MR) is 179 cm³/mol. The van der Waals surface area contributed by atoms with E-state index in [-0.39, 0.29) is 56.9 Å². The van der Waals surface area contributed by atoms with E-state index in [0.717, 1.165) is 0 Å². The van der Waals surface area contributed by atoms with Crippen LogP contribution < -0.4 is 49.5 Å². The molecule has 51 heavy (non-hydrogen) atoms. The van der Waals surface area contributed by atoms with Gasteiger partial charge in [0.1, 0.15) is 30.7 Å². The number of aliphatic imine (C=N–C) groups is 1. The van der Waals surface area contributed by atoms with Crippen LogP contribution in [0, 0.1) is 5.92 Å². The number of carboxylic acids is 2. The first kappa shape index (κ1) is 43.2. The molecule has 5 atom stereocenters. The average molecular weight is 725 g/mol. The number of guanidine groups is 1. The second kappa shape index (κ2) is 22.0. The largest absolute Gasteiger partial charge is 0.481 e. The van der Waals surface area contributed by atoms with Gasteiger partial charge >= 0.3 is 11.9 Å². The van der Waals surface area contributed by atoms with Crippen molar-refractivity contribution in [3.63, 3.8) is 0 Å². The molecule has 22 heteroatoms. The predicted octanol–water partition coefficient (Wildman–Crippen LogP) is -4.74. The van der Waals surface area contributed by atoms with Crippen molar-refractivity contribution in [1.29, 1.82) is 0 Å². The van der Waals surface area contributed by atoms with Gasteiger partial charge in [-0.15, -0.1) is 0 Å². The Morgan fingerprint density at radius 2 is 1.39 bits per heavy atom. The van der Waals surface area contributed by atoms with E-state index >= 15 is 0 Å². The molecule has 284 valence electrons. The van der Waals surface area contributed by atoms with Gasteiger partial charge in [-0.05, 0) is 31.6 Å². The second-order valence-corrected chi connectivity index (χ2v) is 11.9. The van der Waals surface area contributed by atoms with Crippen molar-refractivity contribution in [1.82, 2.24) is 36.6 Å². The Kier molecular flexibility index (Phi) is 18.7. The molecule has 0 aliphatic carbocycles. The number of aliphatic carboxylic acids is 2. The number of hydrogen-bond donors (Lipinski definition) is 12. The van der Waals surface area contributed by atoms with E-state index in [1.807, 2.05) is 5.32 Å². The number of nitrogens with zero attached hydrogens (tertiary/aromatic N) is 2. The Balaban J connectivity index is 3.31. The zero-order valence-corrected chi connectivity index (χ0v) is 28.3. The highest BCUT2D eigenvalue weighted by Gasteiger charge is 2.33. The Bertz CT molecular complexity index is 1400. The first-order valence-corrected chi connectivity index (χ1v) is 15.9. The second-order valence-electron chi connectivity index (χ2n) is 11.9. The number of nitrogens with one attached hydrogen (secondary N) is 6. The van der Waals surface area contributed by atoms with Gasteiger partial charge in [-0.2, -0.15) is 0 Å². The van der Waals surface area contributed by atoms with Gasteiger partial charge in [-0.25, -0.2) is 4.98 Å². The molecule has 1 aromatic heterocycles. The van der Waals surface area contributed by atoms with Crippen LogP contribution in [-0.4, -0.2) is 117 Å². The van der Waals surface area contributed by atoms with Gasteiger partial charge in [0.05, 0.1) is 18.8 Å². The monoisotopic (exact) mass is 724 g/mol. The van der Waals surface area contributed by atoms with Crippen molar-refractivity contribution < 1.29 is 48.6 Å². The lowest BCUT2D eigenvalue weighted by molar-refractivity contribution is -0.142. The maximum absolute atomic E-state index is 13.7. The van der Waals surface area contributed by atoms with Crippen LogP contribution in [0.4, 0.5) is 0 Å². The number of amides is 6. The van der Waals surface area contributed by atoms with Crippen LogP contribution in [0.1, 0.15) is 58.1 Å². The number of carbonyl (C=O) groups is 8. The molecule has 0 bridgehead atoms. The molecule has 1 aromatic rings.